The van der Waals surface area contributed by atoms with Gasteiger partial charge in [-0.25, -0.2) is 7.91 Å². The van der Waals surface area contributed by atoms with Gasteiger partial charge in [0.2, 0.25) is 0 Å². The molecule has 11 heteroatoms. The molecular formula is C5H5F3INO5S. The first-order valence-corrected chi connectivity index (χ1v) is 6.10. The van der Waals surface area contributed by atoms with Crippen molar-refractivity contribution in [3.63, 3.8) is 0 Å². The quantitative estimate of drug-likeness (QED) is 0.319. The van der Waals surface area contributed by atoms with E-state index in [1.54, 1.807) is 22.9 Å². The van der Waals surface area contributed by atoms with E-state index in [0.717, 1.165) is 3.11 Å². The molecule has 1 aliphatic rings. The highest BCUT2D eigenvalue weighted by Gasteiger charge is 2.48. The van der Waals surface area contributed by atoms with E-state index in [9.17, 15) is 26.4 Å². The van der Waals surface area contributed by atoms with Crippen LogP contribution in [0, 0.1) is 0 Å². The molecule has 0 bridgehead atoms. The molecule has 0 aromatic carbocycles. The number of carbonyl (C=O) groups excluding carboxylic acids is 1. The van der Waals surface area contributed by atoms with E-state index in [0.29, 0.717) is 0 Å². The van der Waals surface area contributed by atoms with Gasteiger partial charge in [-0.2, -0.15) is 21.6 Å². The molecule has 1 amide bonds. The van der Waals surface area contributed by atoms with Crippen molar-refractivity contribution in [1.82, 2.24) is 3.11 Å². The smallest absolute Gasteiger partial charge is 0.441 e. The first-order chi connectivity index (χ1) is 7.13. The number of carbonyl (C=O) groups is 1. The minimum atomic E-state index is -5.63. The predicted octanol–water partition coefficient (Wildman–Crippen LogP) is 1.02. The van der Waals surface area contributed by atoms with Crippen LogP contribution in [-0.2, 0) is 19.0 Å². The van der Waals surface area contributed by atoms with Gasteiger partial charge >= 0.3 is 21.7 Å². The third kappa shape index (κ3) is 3.10. The summed E-state index contributed by atoms with van der Waals surface area (Å²) >= 11 is 1.58. The van der Waals surface area contributed by atoms with E-state index in [-0.39, 0.29) is 6.54 Å². The zero-order chi connectivity index (χ0) is 12.6. The van der Waals surface area contributed by atoms with E-state index in [4.69, 9.17) is 0 Å². The van der Waals surface area contributed by atoms with Gasteiger partial charge in [0.1, 0.15) is 12.7 Å². The number of alkyl halides is 3. The molecule has 0 aromatic heterocycles. The van der Waals surface area contributed by atoms with Crippen molar-refractivity contribution in [2.75, 3.05) is 13.2 Å². The summed E-state index contributed by atoms with van der Waals surface area (Å²) in [5.74, 6) is 0. The Hall–Kier alpha value is -0.300. The van der Waals surface area contributed by atoms with Crippen LogP contribution in [0.2, 0.25) is 0 Å². The molecule has 1 fully saturated rings. The number of rotatable bonds is 3. The highest BCUT2D eigenvalue weighted by molar-refractivity contribution is 14.1. The van der Waals surface area contributed by atoms with Crippen LogP contribution in [0.25, 0.3) is 0 Å². The molecule has 0 spiro atoms. The fourth-order valence-electron chi connectivity index (χ4n) is 0.809. The van der Waals surface area contributed by atoms with Crippen LogP contribution in [0.3, 0.4) is 0 Å². The van der Waals surface area contributed by atoms with Crippen molar-refractivity contribution in [3.05, 3.63) is 0 Å². The van der Waals surface area contributed by atoms with E-state index in [1.807, 2.05) is 0 Å². The maximum Gasteiger partial charge on any atom is 0.523 e. The van der Waals surface area contributed by atoms with E-state index in [1.165, 1.54) is 0 Å². The lowest BCUT2D eigenvalue weighted by Gasteiger charge is -2.10. The Morgan fingerprint density at radius 2 is 2.12 bits per heavy atom. The van der Waals surface area contributed by atoms with Crippen LogP contribution in [-0.4, -0.2) is 42.4 Å². The van der Waals surface area contributed by atoms with Crippen molar-refractivity contribution in [3.8, 4) is 0 Å². The molecule has 0 aliphatic carbocycles. The molecule has 0 saturated carbocycles. The van der Waals surface area contributed by atoms with Crippen LogP contribution in [0.5, 0.6) is 0 Å². The van der Waals surface area contributed by atoms with Gasteiger partial charge in [0.05, 0.1) is 29.4 Å². The van der Waals surface area contributed by atoms with Gasteiger partial charge in [0.25, 0.3) is 0 Å². The highest BCUT2D eigenvalue weighted by Crippen LogP contribution is 2.25. The lowest BCUT2D eigenvalue weighted by atomic mass is 10.4. The first kappa shape index (κ1) is 13.8. The normalized spacial score (nSPS) is 22.4. The number of ether oxygens (including phenoxy) is 1. The summed E-state index contributed by atoms with van der Waals surface area (Å²) in [4.78, 5) is 10.8. The number of cyclic esters (lactones) is 1. The second kappa shape index (κ2) is 4.52. The van der Waals surface area contributed by atoms with Crippen molar-refractivity contribution in [2.24, 2.45) is 0 Å². The molecule has 1 aliphatic heterocycles. The van der Waals surface area contributed by atoms with E-state index >= 15 is 0 Å². The second-order valence-corrected chi connectivity index (χ2v) is 5.51. The summed E-state index contributed by atoms with van der Waals surface area (Å²) in [5.41, 5.74) is -5.47. The van der Waals surface area contributed by atoms with E-state index in [2.05, 4.69) is 8.92 Å². The Morgan fingerprint density at radius 1 is 1.56 bits per heavy atom. The maximum absolute atomic E-state index is 11.8. The lowest BCUT2D eigenvalue weighted by molar-refractivity contribution is -0.0558. The van der Waals surface area contributed by atoms with Crippen LogP contribution < -0.4 is 0 Å². The molecule has 1 atom stereocenters. The third-order valence-corrected chi connectivity index (χ3v) is 3.32. The van der Waals surface area contributed by atoms with E-state index < -0.39 is 34.4 Å². The summed E-state index contributed by atoms with van der Waals surface area (Å²) in [6.07, 6.45) is -1.78. The predicted molar refractivity (Wildman–Crippen MR) is 51.9 cm³/mol. The molecular weight excluding hydrogens is 370 g/mol. The Kier molecular flexibility index (Phi) is 3.89. The minimum Gasteiger partial charge on any atom is -0.441 e. The molecule has 1 saturated heterocycles. The highest BCUT2D eigenvalue weighted by atomic mass is 127. The number of hydrogen-bond donors (Lipinski definition) is 0. The number of hydrogen-bond acceptors (Lipinski definition) is 5. The van der Waals surface area contributed by atoms with Crippen LogP contribution in [0.1, 0.15) is 0 Å². The van der Waals surface area contributed by atoms with Gasteiger partial charge in [-0.05, 0) is 0 Å². The second-order valence-electron chi connectivity index (χ2n) is 2.73. The van der Waals surface area contributed by atoms with Crippen molar-refractivity contribution in [2.45, 2.75) is 11.6 Å². The van der Waals surface area contributed by atoms with Crippen molar-refractivity contribution >= 4 is 39.1 Å². The largest absolute Gasteiger partial charge is 0.523 e. The van der Waals surface area contributed by atoms with Crippen LogP contribution >= 0.6 is 22.9 Å². The Labute approximate surface area is 102 Å². The van der Waals surface area contributed by atoms with Gasteiger partial charge < -0.3 is 4.74 Å². The fraction of sp³-hybridized carbons (Fsp3) is 0.800. The molecule has 1 rings (SSSR count). The Balaban J connectivity index is 2.51. The standard InChI is InChI=1S/C5H5F3INO5S/c6-5(7,8)16(12,13)14-2-3-1-10(9)4(11)15-3/h3H,1-2H2. The number of halogens is 4. The zero-order valence-electron chi connectivity index (χ0n) is 7.40. The summed E-state index contributed by atoms with van der Waals surface area (Å²) < 4.78 is 65.7. The van der Waals surface area contributed by atoms with Gasteiger partial charge in [-0.3, -0.25) is 4.18 Å². The molecule has 16 heavy (non-hydrogen) atoms. The molecule has 6 nitrogen and oxygen atoms in total. The van der Waals surface area contributed by atoms with Crippen LogP contribution in [0.15, 0.2) is 0 Å². The molecule has 0 N–H and O–H groups in total. The SMILES string of the molecule is O=C1OC(COS(=O)(=O)C(F)(F)F)CN1I. The average molecular weight is 375 g/mol. The van der Waals surface area contributed by atoms with Gasteiger partial charge in [0.15, 0.2) is 0 Å². The molecule has 0 radical (unpaired) electrons. The molecule has 1 unspecified atom stereocenters. The summed E-state index contributed by atoms with van der Waals surface area (Å²) in [6, 6.07) is 0. The summed E-state index contributed by atoms with van der Waals surface area (Å²) in [6.45, 7) is -0.889. The van der Waals surface area contributed by atoms with Crippen molar-refractivity contribution in [1.29, 1.82) is 0 Å². The molecule has 94 valence electrons. The van der Waals surface area contributed by atoms with Gasteiger partial charge in [-0.1, -0.05) is 0 Å². The Morgan fingerprint density at radius 3 is 2.50 bits per heavy atom. The zero-order valence-corrected chi connectivity index (χ0v) is 10.4. The maximum atomic E-state index is 11.8. The fourth-order valence-corrected chi connectivity index (χ4v) is 1.83. The third-order valence-electron chi connectivity index (χ3n) is 1.52. The topological polar surface area (TPSA) is 72.9 Å². The first-order valence-electron chi connectivity index (χ1n) is 3.73. The number of amides is 1. The molecule has 1 heterocycles. The van der Waals surface area contributed by atoms with Crippen molar-refractivity contribution < 1.29 is 35.3 Å². The lowest BCUT2D eigenvalue weighted by Crippen LogP contribution is -2.30. The monoisotopic (exact) mass is 375 g/mol. The minimum absolute atomic E-state index is 0.0349. The van der Waals surface area contributed by atoms with Gasteiger partial charge in [-0.15, -0.1) is 0 Å². The summed E-state index contributed by atoms with van der Waals surface area (Å²) in [5, 5.41) is 0. The Bertz CT molecular complexity index is 382. The molecule has 0 aromatic rings. The van der Waals surface area contributed by atoms with Gasteiger partial charge in [0, 0.05) is 0 Å². The summed E-state index contributed by atoms with van der Waals surface area (Å²) in [7, 11) is -5.63. The average Bonchev–Trinajstić information content (AvgIpc) is 2.41. The number of nitrogens with zero attached hydrogens (tertiary/aromatic N) is 1. The van der Waals surface area contributed by atoms with Crippen LogP contribution in [0.4, 0.5) is 18.0 Å².